The first-order valence-electron chi connectivity index (χ1n) is 6.22. The van der Waals surface area contributed by atoms with Crippen LogP contribution in [0, 0.1) is 6.92 Å². The molecule has 4 heteroatoms. The van der Waals surface area contributed by atoms with Gasteiger partial charge in [0.25, 0.3) is 5.91 Å². The topological polar surface area (TPSA) is 68.0 Å². The highest BCUT2D eigenvalue weighted by molar-refractivity contribution is 6.04. The minimum atomic E-state index is -0.158. The molecule has 19 heavy (non-hydrogen) atoms. The molecular weight excluding hydrogens is 238 g/mol. The Morgan fingerprint density at radius 2 is 2.11 bits per heavy atom. The molecule has 0 saturated heterocycles. The fourth-order valence-electron chi connectivity index (χ4n) is 1.88. The number of benzene rings is 1. The number of amides is 1. The highest BCUT2D eigenvalue weighted by atomic mass is 16.1. The van der Waals surface area contributed by atoms with Gasteiger partial charge in [-0.25, -0.2) is 0 Å². The normalized spacial score (nSPS) is 10.2. The lowest BCUT2D eigenvalue weighted by molar-refractivity contribution is 0.102. The molecule has 1 heterocycles. The molecule has 1 amide bonds. The van der Waals surface area contributed by atoms with Crippen LogP contribution in [0.2, 0.25) is 0 Å². The smallest absolute Gasteiger partial charge is 0.255 e. The van der Waals surface area contributed by atoms with E-state index in [1.807, 2.05) is 26.0 Å². The summed E-state index contributed by atoms with van der Waals surface area (Å²) in [6.45, 7) is 3.90. The molecule has 0 fully saturated rings. The minimum absolute atomic E-state index is 0.158. The first-order valence-corrected chi connectivity index (χ1v) is 6.22. The number of carbonyl (C=O) groups is 1. The van der Waals surface area contributed by atoms with Gasteiger partial charge in [0.1, 0.15) is 0 Å². The average Bonchev–Trinajstić information content (AvgIpc) is 2.39. The Labute approximate surface area is 112 Å². The van der Waals surface area contributed by atoms with Crippen LogP contribution in [-0.4, -0.2) is 10.9 Å². The third-order valence-electron chi connectivity index (χ3n) is 2.94. The van der Waals surface area contributed by atoms with E-state index in [0.29, 0.717) is 16.9 Å². The van der Waals surface area contributed by atoms with Gasteiger partial charge in [-0.15, -0.1) is 0 Å². The third-order valence-corrected chi connectivity index (χ3v) is 2.94. The zero-order valence-corrected chi connectivity index (χ0v) is 11.1. The van der Waals surface area contributed by atoms with Crippen molar-refractivity contribution >= 4 is 17.3 Å². The molecule has 0 aliphatic carbocycles. The Morgan fingerprint density at radius 1 is 1.32 bits per heavy atom. The van der Waals surface area contributed by atoms with Crippen molar-refractivity contribution < 1.29 is 4.79 Å². The summed E-state index contributed by atoms with van der Waals surface area (Å²) in [4.78, 5) is 16.1. The quantitative estimate of drug-likeness (QED) is 0.829. The van der Waals surface area contributed by atoms with Gasteiger partial charge in [0.2, 0.25) is 0 Å². The van der Waals surface area contributed by atoms with Crippen molar-refractivity contribution in [1.82, 2.24) is 4.98 Å². The van der Waals surface area contributed by atoms with E-state index in [9.17, 15) is 4.79 Å². The van der Waals surface area contributed by atoms with Crippen molar-refractivity contribution in [2.45, 2.75) is 20.3 Å². The number of aromatic nitrogens is 1. The van der Waals surface area contributed by atoms with Crippen LogP contribution in [-0.2, 0) is 6.42 Å². The molecular formula is C15H17N3O. The molecule has 0 bridgehead atoms. The number of nitrogens with zero attached hydrogens (tertiary/aromatic N) is 1. The molecule has 0 atom stereocenters. The van der Waals surface area contributed by atoms with Crippen molar-refractivity contribution in [3.8, 4) is 0 Å². The highest BCUT2D eigenvalue weighted by Gasteiger charge is 2.07. The van der Waals surface area contributed by atoms with Gasteiger partial charge >= 0.3 is 0 Å². The molecule has 0 aliphatic heterocycles. The number of hydrogen-bond donors (Lipinski definition) is 2. The SMILES string of the molecule is CCc1ccc(NC(=O)c2ccnc(C)c2)cc1N. The summed E-state index contributed by atoms with van der Waals surface area (Å²) in [7, 11) is 0. The lowest BCUT2D eigenvalue weighted by Gasteiger charge is -2.08. The maximum absolute atomic E-state index is 12.1. The Balaban J connectivity index is 2.17. The molecule has 98 valence electrons. The fourth-order valence-corrected chi connectivity index (χ4v) is 1.88. The number of hydrogen-bond acceptors (Lipinski definition) is 3. The van der Waals surface area contributed by atoms with Gasteiger partial charge in [-0.3, -0.25) is 9.78 Å². The lowest BCUT2D eigenvalue weighted by Crippen LogP contribution is -2.12. The fraction of sp³-hybridized carbons (Fsp3) is 0.200. The molecule has 0 unspecified atom stereocenters. The Bertz CT molecular complexity index is 608. The van der Waals surface area contributed by atoms with Crippen molar-refractivity contribution in [3.05, 3.63) is 53.3 Å². The maximum atomic E-state index is 12.1. The van der Waals surface area contributed by atoms with Crippen LogP contribution in [0.1, 0.15) is 28.5 Å². The second-order valence-corrected chi connectivity index (χ2v) is 4.41. The van der Waals surface area contributed by atoms with Crippen molar-refractivity contribution in [2.75, 3.05) is 11.1 Å². The van der Waals surface area contributed by atoms with Crippen LogP contribution in [0.25, 0.3) is 0 Å². The zero-order chi connectivity index (χ0) is 13.8. The summed E-state index contributed by atoms with van der Waals surface area (Å²) in [5, 5.41) is 2.83. The Kier molecular flexibility index (Phi) is 3.80. The number of nitrogens with one attached hydrogen (secondary N) is 1. The average molecular weight is 255 g/mol. The van der Waals surface area contributed by atoms with Crippen molar-refractivity contribution in [2.24, 2.45) is 0 Å². The van der Waals surface area contributed by atoms with Gasteiger partial charge in [0.15, 0.2) is 0 Å². The van der Waals surface area contributed by atoms with Crippen molar-refractivity contribution in [1.29, 1.82) is 0 Å². The van der Waals surface area contributed by atoms with Crippen LogP contribution in [0.4, 0.5) is 11.4 Å². The first kappa shape index (κ1) is 13.1. The van der Waals surface area contributed by atoms with Crippen LogP contribution < -0.4 is 11.1 Å². The van der Waals surface area contributed by atoms with E-state index in [1.165, 1.54) is 0 Å². The lowest BCUT2D eigenvalue weighted by atomic mass is 10.1. The summed E-state index contributed by atoms with van der Waals surface area (Å²) >= 11 is 0. The number of carbonyl (C=O) groups excluding carboxylic acids is 1. The number of nitrogen functional groups attached to an aromatic ring is 1. The molecule has 2 aromatic rings. The van der Waals surface area contributed by atoms with Crippen LogP contribution in [0.3, 0.4) is 0 Å². The minimum Gasteiger partial charge on any atom is -0.398 e. The van der Waals surface area contributed by atoms with Gasteiger partial charge in [-0.1, -0.05) is 13.0 Å². The molecule has 0 aliphatic rings. The van der Waals surface area contributed by atoms with E-state index in [2.05, 4.69) is 10.3 Å². The van der Waals surface area contributed by atoms with Gasteiger partial charge in [0, 0.05) is 28.8 Å². The van der Waals surface area contributed by atoms with Crippen LogP contribution in [0.5, 0.6) is 0 Å². The van der Waals surface area contributed by atoms with E-state index in [1.54, 1.807) is 24.4 Å². The largest absolute Gasteiger partial charge is 0.398 e. The van der Waals surface area contributed by atoms with E-state index < -0.39 is 0 Å². The maximum Gasteiger partial charge on any atom is 0.255 e. The summed E-state index contributed by atoms with van der Waals surface area (Å²) in [6.07, 6.45) is 2.50. The van der Waals surface area contributed by atoms with Crippen LogP contribution in [0.15, 0.2) is 36.5 Å². The second kappa shape index (κ2) is 5.52. The zero-order valence-electron chi connectivity index (χ0n) is 11.1. The van der Waals surface area contributed by atoms with Gasteiger partial charge in [-0.05, 0) is 43.2 Å². The monoisotopic (exact) mass is 255 g/mol. The predicted molar refractivity (Wildman–Crippen MR) is 77.2 cm³/mol. The summed E-state index contributed by atoms with van der Waals surface area (Å²) < 4.78 is 0. The predicted octanol–water partition coefficient (Wildman–Crippen LogP) is 2.79. The molecule has 4 nitrogen and oxygen atoms in total. The van der Waals surface area contributed by atoms with Crippen LogP contribution >= 0.6 is 0 Å². The van der Waals surface area contributed by atoms with E-state index in [-0.39, 0.29) is 5.91 Å². The summed E-state index contributed by atoms with van der Waals surface area (Å²) in [5.41, 5.74) is 9.80. The molecule has 0 saturated carbocycles. The summed E-state index contributed by atoms with van der Waals surface area (Å²) in [5.74, 6) is -0.158. The van der Waals surface area contributed by atoms with Gasteiger partial charge < -0.3 is 11.1 Å². The number of aryl methyl sites for hydroxylation is 2. The molecule has 2 rings (SSSR count). The molecule has 1 aromatic heterocycles. The molecule has 1 aromatic carbocycles. The van der Waals surface area contributed by atoms with E-state index in [0.717, 1.165) is 17.7 Å². The van der Waals surface area contributed by atoms with E-state index in [4.69, 9.17) is 5.73 Å². The number of pyridine rings is 1. The first-order chi connectivity index (χ1) is 9.10. The Hall–Kier alpha value is -2.36. The number of rotatable bonds is 3. The number of nitrogens with two attached hydrogens (primary N) is 1. The molecule has 3 N–H and O–H groups in total. The highest BCUT2D eigenvalue weighted by Crippen LogP contribution is 2.19. The van der Waals surface area contributed by atoms with E-state index >= 15 is 0 Å². The van der Waals surface area contributed by atoms with Gasteiger partial charge in [0.05, 0.1) is 0 Å². The third kappa shape index (κ3) is 3.10. The van der Waals surface area contributed by atoms with Gasteiger partial charge in [-0.2, -0.15) is 0 Å². The standard InChI is InChI=1S/C15H17N3O/c1-3-11-4-5-13(9-14(11)16)18-15(19)12-6-7-17-10(2)8-12/h4-9H,3,16H2,1-2H3,(H,18,19). The second-order valence-electron chi connectivity index (χ2n) is 4.41. The van der Waals surface area contributed by atoms with Crippen molar-refractivity contribution in [3.63, 3.8) is 0 Å². The molecule has 0 spiro atoms. The molecule has 0 radical (unpaired) electrons. The Morgan fingerprint density at radius 3 is 2.74 bits per heavy atom. The number of anilines is 2. The summed E-state index contributed by atoms with van der Waals surface area (Å²) in [6, 6.07) is 9.01.